The van der Waals surface area contributed by atoms with Gasteiger partial charge in [-0.1, -0.05) is 6.08 Å². The third-order valence-corrected chi connectivity index (χ3v) is 2.86. The summed E-state index contributed by atoms with van der Waals surface area (Å²) in [5.74, 6) is 0. The van der Waals surface area contributed by atoms with Crippen LogP contribution in [0.25, 0.3) is 0 Å². The maximum atomic E-state index is 8.84. The summed E-state index contributed by atoms with van der Waals surface area (Å²) in [7, 11) is 0. The van der Waals surface area contributed by atoms with Gasteiger partial charge in [-0.3, -0.25) is 0 Å². The number of aliphatic hydroxyl groups excluding tert-OH is 1. The van der Waals surface area contributed by atoms with Crippen molar-refractivity contribution in [2.24, 2.45) is 5.41 Å². The van der Waals surface area contributed by atoms with Crippen LogP contribution in [-0.4, -0.2) is 24.8 Å². The van der Waals surface area contributed by atoms with Gasteiger partial charge in [-0.2, -0.15) is 0 Å². The van der Waals surface area contributed by atoms with Crippen LogP contribution in [0.4, 0.5) is 0 Å². The van der Waals surface area contributed by atoms with Crippen molar-refractivity contribution in [1.82, 2.24) is 5.32 Å². The van der Waals surface area contributed by atoms with Crippen molar-refractivity contribution in [2.75, 3.05) is 19.7 Å². The molecule has 0 aromatic carbocycles. The molecule has 0 heterocycles. The first kappa shape index (κ1) is 10.7. The molecule has 0 aromatic heterocycles. The van der Waals surface area contributed by atoms with E-state index >= 15 is 0 Å². The average Bonchev–Trinajstić information content (AvgIpc) is 2.86. The van der Waals surface area contributed by atoms with E-state index in [4.69, 9.17) is 5.11 Å². The minimum atomic E-state index is 0.342. The molecule has 1 aliphatic rings. The first-order valence-electron chi connectivity index (χ1n) is 5.25. The van der Waals surface area contributed by atoms with Crippen LogP contribution in [0.3, 0.4) is 0 Å². The fourth-order valence-electron chi connectivity index (χ4n) is 1.65. The molecule has 0 amide bonds. The summed E-state index contributed by atoms with van der Waals surface area (Å²) >= 11 is 0. The molecular weight excluding hydrogens is 162 g/mol. The summed E-state index contributed by atoms with van der Waals surface area (Å²) in [4.78, 5) is 0. The van der Waals surface area contributed by atoms with Gasteiger partial charge >= 0.3 is 0 Å². The Morgan fingerprint density at radius 1 is 1.46 bits per heavy atom. The molecule has 2 N–H and O–H groups in total. The summed E-state index contributed by atoms with van der Waals surface area (Å²) in [5, 5.41) is 12.3. The van der Waals surface area contributed by atoms with E-state index in [0.29, 0.717) is 12.0 Å². The van der Waals surface area contributed by atoms with Crippen LogP contribution in [0.1, 0.15) is 32.1 Å². The number of aliphatic hydroxyl groups is 1. The smallest absolute Gasteiger partial charge is 0.0436 e. The second-order valence-corrected chi connectivity index (χ2v) is 4.08. The highest BCUT2D eigenvalue weighted by molar-refractivity contribution is 4.94. The summed E-state index contributed by atoms with van der Waals surface area (Å²) in [6.45, 7) is 6.20. The van der Waals surface area contributed by atoms with Crippen molar-refractivity contribution >= 4 is 0 Å². The standard InChI is InChI=1S/C11H21NO/c1-2-3-4-8-12-10-11(5-6-11)7-9-13/h2,12-13H,1,3-10H2. The Hall–Kier alpha value is -0.340. The van der Waals surface area contributed by atoms with Crippen molar-refractivity contribution in [3.05, 3.63) is 12.7 Å². The Morgan fingerprint density at radius 2 is 2.23 bits per heavy atom. The molecule has 13 heavy (non-hydrogen) atoms. The first-order valence-corrected chi connectivity index (χ1v) is 5.25. The van der Waals surface area contributed by atoms with Crippen LogP contribution in [0.15, 0.2) is 12.7 Å². The minimum absolute atomic E-state index is 0.342. The van der Waals surface area contributed by atoms with Crippen LogP contribution in [0.5, 0.6) is 0 Å². The normalized spacial score (nSPS) is 18.5. The Kier molecular flexibility index (Phi) is 4.46. The summed E-state index contributed by atoms with van der Waals surface area (Å²) in [6, 6.07) is 0. The number of hydrogen-bond donors (Lipinski definition) is 2. The minimum Gasteiger partial charge on any atom is -0.396 e. The van der Waals surface area contributed by atoms with Gasteiger partial charge in [0.2, 0.25) is 0 Å². The van der Waals surface area contributed by atoms with Crippen LogP contribution in [-0.2, 0) is 0 Å². The lowest BCUT2D eigenvalue weighted by molar-refractivity contribution is 0.245. The quantitative estimate of drug-likeness (QED) is 0.443. The fourth-order valence-corrected chi connectivity index (χ4v) is 1.65. The fraction of sp³-hybridized carbons (Fsp3) is 0.818. The first-order chi connectivity index (χ1) is 6.33. The molecule has 0 radical (unpaired) electrons. The zero-order valence-corrected chi connectivity index (χ0v) is 8.39. The monoisotopic (exact) mass is 183 g/mol. The Morgan fingerprint density at radius 3 is 2.77 bits per heavy atom. The molecule has 0 aromatic rings. The Bertz CT molecular complexity index is 152. The molecule has 0 unspecified atom stereocenters. The van der Waals surface area contributed by atoms with Gasteiger partial charge in [-0.15, -0.1) is 6.58 Å². The molecule has 1 saturated carbocycles. The van der Waals surface area contributed by atoms with Gasteiger partial charge in [-0.05, 0) is 44.1 Å². The van der Waals surface area contributed by atoms with Gasteiger partial charge in [-0.25, -0.2) is 0 Å². The zero-order valence-electron chi connectivity index (χ0n) is 8.39. The highest BCUT2D eigenvalue weighted by atomic mass is 16.3. The summed E-state index contributed by atoms with van der Waals surface area (Å²) < 4.78 is 0. The third kappa shape index (κ3) is 3.92. The van der Waals surface area contributed by atoms with Gasteiger partial charge in [0.1, 0.15) is 0 Å². The maximum absolute atomic E-state index is 8.84. The highest BCUT2D eigenvalue weighted by Crippen LogP contribution is 2.47. The summed E-state index contributed by atoms with van der Waals surface area (Å²) in [6.07, 6.45) is 7.80. The van der Waals surface area contributed by atoms with E-state index < -0.39 is 0 Å². The van der Waals surface area contributed by atoms with Crippen LogP contribution < -0.4 is 5.32 Å². The lowest BCUT2D eigenvalue weighted by atomic mass is 10.0. The SMILES string of the molecule is C=CCCCNCC1(CCO)CC1. The van der Waals surface area contributed by atoms with E-state index in [-0.39, 0.29) is 0 Å². The zero-order chi connectivity index (χ0) is 9.57. The van der Waals surface area contributed by atoms with Gasteiger partial charge in [0.25, 0.3) is 0 Å². The number of rotatable bonds is 8. The van der Waals surface area contributed by atoms with E-state index in [1.807, 2.05) is 6.08 Å². The predicted octanol–water partition coefficient (Wildman–Crippen LogP) is 1.70. The van der Waals surface area contributed by atoms with Gasteiger partial charge in [0.05, 0.1) is 0 Å². The van der Waals surface area contributed by atoms with Crippen LogP contribution in [0.2, 0.25) is 0 Å². The molecule has 76 valence electrons. The molecule has 0 saturated heterocycles. The molecule has 0 spiro atoms. The molecule has 1 aliphatic carbocycles. The van der Waals surface area contributed by atoms with Crippen molar-refractivity contribution in [3.63, 3.8) is 0 Å². The lowest BCUT2D eigenvalue weighted by Crippen LogP contribution is -2.25. The van der Waals surface area contributed by atoms with E-state index in [2.05, 4.69) is 11.9 Å². The molecule has 0 bridgehead atoms. The lowest BCUT2D eigenvalue weighted by Gasteiger charge is -2.13. The van der Waals surface area contributed by atoms with E-state index in [1.165, 1.54) is 19.3 Å². The van der Waals surface area contributed by atoms with Gasteiger partial charge in [0.15, 0.2) is 0 Å². The molecule has 0 aliphatic heterocycles. The van der Waals surface area contributed by atoms with Crippen LogP contribution in [0, 0.1) is 5.41 Å². The van der Waals surface area contributed by atoms with Crippen molar-refractivity contribution in [1.29, 1.82) is 0 Å². The van der Waals surface area contributed by atoms with Gasteiger partial charge in [0, 0.05) is 13.2 Å². The van der Waals surface area contributed by atoms with E-state index in [0.717, 1.165) is 25.9 Å². The van der Waals surface area contributed by atoms with Crippen molar-refractivity contribution in [2.45, 2.75) is 32.1 Å². The van der Waals surface area contributed by atoms with E-state index in [9.17, 15) is 0 Å². The maximum Gasteiger partial charge on any atom is 0.0436 e. The second-order valence-electron chi connectivity index (χ2n) is 4.08. The van der Waals surface area contributed by atoms with Crippen molar-refractivity contribution < 1.29 is 5.11 Å². The second kappa shape index (κ2) is 5.40. The Labute approximate surface area is 81.0 Å². The van der Waals surface area contributed by atoms with Gasteiger partial charge < -0.3 is 10.4 Å². The largest absolute Gasteiger partial charge is 0.396 e. The molecule has 0 atom stereocenters. The molecule has 2 nitrogen and oxygen atoms in total. The molecule has 1 rings (SSSR count). The number of hydrogen-bond acceptors (Lipinski definition) is 2. The predicted molar refractivity (Wildman–Crippen MR) is 55.7 cm³/mol. The highest BCUT2D eigenvalue weighted by Gasteiger charge is 2.40. The van der Waals surface area contributed by atoms with Crippen LogP contribution >= 0.6 is 0 Å². The topological polar surface area (TPSA) is 32.3 Å². The van der Waals surface area contributed by atoms with Crippen molar-refractivity contribution in [3.8, 4) is 0 Å². The molecule has 2 heteroatoms. The number of allylic oxidation sites excluding steroid dienone is 1. The third-order valence-electron chi connectivity index (χ3n) is 2.86. The average molecular weight is 183 g/mol. The number of unbranched alkanes of at least 4 members (excludes halogenated alkanes) is 1. The molecular formula is C11H21NO. The molecule has 1 fully saturated rings. The number of nitrogens with one attached hydrogen (secondary N) is 1. The summed E-state index contributed by atoms with van der Waals surface area (Å²) in [5.41, 5.74) is 0.461. The van der Waals surface area contributed by atoms with E-state index in [1.54, 1.807) is 0 Å². The Balaban J connectivity index is 1.96.